The molecule has 0 bridgehead atoms. The fourth-order valence-corrected chi connectivity index (χ4v) is 1.13. The Bertz CT molecular complexity index is 309. The van der Waals surface area contributed by atoms with Crippen molar-refractivity contribution < 1.29 is 9.18 Å². The second-order valence-electron chi connectivity index (χ2n) is 2.47. The average molecular weight is 187 g/mol. The van der Waals surface area contributed by atoms with Crippen molar-refractivity contribution in [2.75, 3.05) is 5.88 Å². The molecule has 0 aromatic heterocycles. The number of Topliss-reactive ketones (excluding diaryl/α,β-unsaturated/α-hetero) is 1. The summed E-state index contributed by atoms with van der Waals surface area (Å²) in [4.78, 5) is 11.1. The first-order valence-corrected chi connectivity index (χ1v) is 4.04. The highest BCUT2D eigenvalue weighted by atomic mass is 35.5. The van der Waals surface area contributed by atoms with Crippen LogP contribution in [0.3, 0.4) is 0 Å². The van der Waals surface area contributed by atoms with Crippen LogP contribution in [-0.4, -0.2) is 11.7 Å². The van der Waals surface area contributed by atoms with E-state index < -0.39 is 0 Å². The van der Waals surface area contributed by atoms with Crippen LogP contribution in [-0.2, 0) is 0 Å². The monoisotopic (exact) mass is 186 g/mol. The van der Waals surface area contributed by atoms with Crippen LogP contribution in [0, 0.1) is 12.7 Å². The summed E-state index contributed by atoms with van der Waals surface area (Å²) in [7, 11) is 0. The maximum Gasteiger partial charge on any atom is 0.177 e. The molecule has 0 saturated carbocycles. The Kier molecular flexibility index (Phi) is 2.82. The Balaban J connectivity index is 3.16. The molecule has 3 heteroatoms. The van der Waals surface area contributed by atoms with Crippen LogP contribution < -0.4 is 0 Å². The summed E-state index contributed by atoms with van der Waals surface area (Å²) < 4.78 is 12.9. The number of alkyl halides is 1. The molecule has 0 fully saturated rings. The number of halogens is 2. The first-order valence-electron chi connectivity index (χ1n) is 3.51. The van der Waals surface area contributed by atoms with Crippen LogP contribution in [0.4, 0.5) is 4.39 Å². The van der Waals surface area contributed by atoms with Gasteiger partial charge in [-0.3, -0.25) is 4.79 Å². The predicted molar refractivity (Wildman–Crippen MR) is 46.2 cm³/mol. The van der Waals surface area contributed by atoms with Gasteiger partial charge in [-0.05, 0) is 18.6 Å². The number of benzene rings is 1. The van der Waals surface area contributed by atoms with Gasteiger partial charge in [0.05, 0.1) is 5.88 Å². The van der Waals surface area contributed by atoms with Crippen molar-refractivity contribution in [2.24, 2.45) is 0 Å². The van der Waals surface area contributed by atoms with E-state index in [4.69, 9.17) is 11.6 Å². The molecule has 0 aliphatic carbocycles. The molecule has 0 amide bonds. The molecule has 1 nitrogen and oxygen atoms in total. The number of carbonyl (C=O) groups excluding carboxylic acids is 1. The van der Waals surface area contributed by atoms with Gasteiger partial charge in [0.2, 0.25) is 0 Å². The van der Waals surface area contributed by atoms with Crippen LogP contribution in [0.5, 0.6) is 0 Å². The van der Waals surface area contributed by atoms with Gasteiger partial charge in [-0.15, -0.1) is 11.6 Å². The van der Waals surface area contributed by atoms with Crippen molar-refractivity contribution in [3.05, 3.63) is 35.1 Å². The van der Waals surface area contributed by atoms with E-state index in [9.17, 15) is 9.18 Å². The number of rotatable bonds is 2. The summed E-state index contributed by atoms with van der Waals surface area (Å²) in [6.07, 6.45) is 0. The fraction of sp³-hybridized carbons (Fsp3) is 0.222. The maximum atomic E-state index is 12.9. The van der Waals surface area contributed by atoms with E-state index in [1.807, 2.05) is 0 Å². The Morgan fingerprint density at radius 3 is 2.83 bits per heavy atom. The molecular weight excluding hydrogens is 179 g/mol. The summed E-state index contributed by atoms with van der Waals surface area (Å²) in [6, 6.07) is 4.39. The Morgan fingerprint density at radius 2 is 2.25 bits per heavy atom. The Hall–Kier alpha value is -0.890. The van der Waals surface area contributed by atoms with Crippen molar-refractivity contribution in [1.82, 2.24) is 0 Å². The van der Waals surface area contributed by atoms with E-state index in [-0.39, 0.29) is 17.5 Å². The summed E-state index contributed by atoms with van der Waals surface area (Å²) in [5, 5.41) is 0. The molecule has 0 heterocycles. The van der Waals surface area contributed by atoms with Gasteiger partial charge < -0.3 is 0 Å². The molecule has 0 N–H and O–H groups in total. The molecule has 0 spiro atoms. The van der Waals surface area contributed by atoms with Gasteiger partial charge in [-0.25, -0.2) is 4.39 Å². The Labute approximate surface area is 75.2 Å². The van der Waals surface area contributed by atoms with Gasteiger partial charge in [-0.1, -0.05) is 12.1 Å². The highest BCUT2D eigenvalue weighted by Crippen LogP contribution is 2.12. The topological polar surface area (TPSA) is 17.1 Å². The maximum absolute atomic E-state index is 12.9. The van der Waals surface area contributed by atoms with E-state index in [0.717, 1.165) is 0 Å². The summed E-state index contributed by atoms with van der Waals surface area (Å²) in [6.45, 7) is 1.56. The summed E-state index contributed by atoms with van der Waals surface area (Å²) >= 11 is 5.34. The molecule has 12 heavy (non-hydrogen) atoms. The zero-order valence-electron chi connectivity index (χ0n) is 6.60. The SMILES string of the molecule is Cc1c(F)cccc1C(=O)CCl. The third-order valence-electron chi connectivity index (χ3n) is 1.69. The lowest BCUT2D eigenvalue weighted by Crippen LogP contribution is -2.03. The third kappa shape index (κ3) is 1.64. The van der Waals surface area contributed by atoms with Crippen molar-refractivity contribution in [1.29, 1.82) is 0 Å². The van der Waals surface area contributed by atoms with Gasteiger partial charge >= 0.3 is 0 Å². The minimum atomic E-state index is -0.369. The second kappa shape index (κ2) is 3.68. The lowest BCUT2D eigenvalue weighted by molar-refractivity contribution is 0.102. The molecule has 1 aromatic carbocycles. The zero-order chi connectivity index (χ0) is 9.14. The lowest BCUT2D eigenvalue weighted by atomic mass is 10.1. The molecule has 0 radical (unpaired) electrons. The molecule has 0 aliphatic rings. The van der Waals surface area contributed by atoms with Gasteiger partial charge in [0.25, 0.3) is 0 Å². The van der Waals surface area contributed by atoms with Crippen LogP contribution in [0.15, 0.2) is 18.2 Å². The Morgan fingerprint density at radius 1 is 1.58 bits per heavy atom. The third-order valence-corrected chi connectivity index (χ3v) is 1.93. The van der Waals surface area contributed by atoms with Crippen molar-refractivity contribution in [2.45, 2.75) is 6.92 Å². The summed E-state index contributed by atoms with van der Waals surface area (Å²) in [5.74, 6) is -0.718. The van der Waals surface area contributed by atoms with Gasteiger partial charge in [0.1, 0.15) is 5.82 Å². The highest BCUT2D eigenvalue weighted by Gasteiger charge is 2.09. The smallest absolute Gasteiger partial charge is 0.177 e. The first-order chi connectivity index (χ1) is 5.66. The van der Waals surface area contributed by atoms with Crippen LogP contribution in [0.25, 0.3) is 0 Å². The van der Waals surface area contributed by atoms with Crippen molar-refractivity contribution >= 4 is 17.4 Å². The second-order valence-corrected chi connectivity index (χ2v) is 2.74. The molecule has 0 aliphatic heterocycles. The van der Waals surface area contributed by atoms with Crippen molar-refractivity contribution in [3.8, 4) is 0 Å². The number of ketones is 1. The number of hydrogen-bond acceptors (Lipinski definition) is 1. The van der Waals surface area contributed by atoms with Gasteiger partial charge in [-0.2, -0.15) is 0 Å². The van der Waals surface area contributed by atoms with E-state index in [1.165, 1.54) is 12.1 Å². The number of hydrogen-bond donors (Lipinski definition) is 0. The molecule has 1 aromatic rings. The fourth-order valence-electron chi connectivity index (χ4n) is 0.982. The molecule has 64 valence electrons. The van der Waals surface area contributed by atoms with E-state index in [0.29, 0.717) is 11.1 Å². The molecule has 1 rings (SSSR count). The zero-order valence-corrected chi connectivity index (χ0v) is 7.36. The van der Waals surface area contributed by atoms with Crippen LogP contribution >= 0.6 is 11.6 Å². The van der Waals surface area contributed by atoms with E-state index >= 15 is 0 Å². The van der Waals surface area contributed by atoms with Gasteiger partial charge in [0.15, 0.2) is 5.78 Å². The van der Waals surface area contributed by atoms with E-state index in [2.05, 4.69) is 0 Å². The molecule has 0 unspecified atom stereocenters. The predicted octanol–water partition coefficient (Wildman–Crippen LogP) is 2.56. The normalized spacial score (nSPS) is 9.92. The molecule has 0 atom stereocenters. The first kappa shape index (κ1) is 9.20. The van der Waals surface area contributed by atoms with Gasteiger partial charge in [0, 0.05) is 5.56 Å². The quantitative estimate of drug-likeness (QED) is 0.513. The summed E-state index contributed by atoms with van der Waals surface area (Å²) in [5.41, 5.74) is 0.730. The highest BCUT2D eigenvalue weighted by molar-refractivity contribution is 6.30. The lowest BCUT2D eigenvalue weighted by Gasteiger charge is -2.02. The largest absolute Gasteiger partial charge is 0.293 e. The average Bonchev–Trinajstić information content (AvgIpc) is 2.08. The minimum absolute atomic E-state index is 0.107. The van der Waals surface area contributed by atoms with Crippen molar-refractivity contribution in [3.63, 3.8) is 0 Å². The van der Waals surface area contributed by atoms with E-state index in [1.54, 1.807) is 13.0 Å². The van der Waals surface area contributed by atoms with Crippen LogP contribution in [0.2, 0.25) is 0 Å². The minimum Gasteiger partial charge on any atom is -0.293 e. The molecular formula is C9H8ClFO. The van der Waals surface area contributed by atoms with Crippen LogP contribution in [0.1, 0.15) is 15.9 Å². The number of carbonyl (C=O) groups is 1. The molecule has 0 saturated heterocycles. The standard InChI is InChI=1S/C9H8ClFO/c1-6-7(9(12)5-10)3-2-4-8(6)11/h2-4H,5H2,1H3.